The Labute approximate surface area is 88.2 Å². The molecule has 0 amide bonds. The average Bonchev–Trinajstić information content (AvgIpc) is 2.72. The van der Waals surface area contributed by atoms with Crippen LogP contribution in [0.25, 0.3) is 11.1 Å². The maximum Gasteiger partial charge on any atom is -0.00147 e. The Morgan fingerprint density at radius 3 is 2.36 bits per heavy atom. The minimum absolute atomic E-state index is 0.720. The predicted molar refractivity (Wildman–Crippen MR) is 62.5 cm³/mol. The van der Waals surface area contributed by atoms with Crippen LogP contribution in [0.2, 0.25) is 0 Å². The third-order valence-corrected chi connectivity index (χ3v) is 2.92. The highest BCUT2D eigenvalue weighted by Gasteiger charge is 1.97. The van der Waals surface area contributed by atoms with Crippen LogP contribution >= 0.6 is 11.3 Å². The molecule has 0 spiro atoms. The third-order valence-electron chi connectivity index (χ3n) is 2.24. The van der Waals surface area contributed by atoms with Gasteiger partial charge in [0.15, 0.2) is 0 Å². The highest BCUT2D eigenvalue weighted by molar-refractivity contribution is 7.08. The summed E-state index contributed by atoms with van der Waals surface area (Å²) < 4.78 is 0. The van der Waals surface area contributed by atoms with Gasteiger partial charge in [0.1, 0.15) is 0 Å². The zero-order chi connectivity index (χ0) is 9.80. The van der Waals surface area contributed by atoms with Crippen molar-refractivity contribution in [1.82, 2.24) is 0 Å². The summed E-state index contributed by atoms with van der Waals surface area (Å²) in [4.78, 5) is 0. The molecular formula is C12H13NS. The van der Waals surface area contributed by atoms with Crippen molar-refractivity contribution < 1.29 is 0 Å². The van der Waals surface area contributed by atoms with Crippen molar-refractivity contribution in [3.63, 3.8) is 0 Å². The summed E-state index contributed by atoms with van der Waals surface area (Å²) in [5, 5.41) is 4.26. The molecular weight excluding hydrogens is 190 g/mol. The first-order chi connectivity index (χ1) is 6.90. The second-order valence-electron chi connectivity index (χ2n) is 3.25. The summed E-state index contributed by atoms with van der Waals surface area (Å²) >= 11 is 1.73. The number of benzene rings is 1. The van der Waals surface area contributed by atoms with Gasteiger partial charge in [0.2, 0.25) is 0 Å². The lowest BCUT2D eigenvalue weighted by Gasteiger charge is -2.00. The molecule has 2 rings (SSSR count). The second-order valence-corrected chi connectivity index (χ2v) is 4.03. The molecule has 2 heteroatoms. The largest absolute Gasteiger partial charge is 0.330 e. The van der Waals surface area contributed by atoms with E-state index < -0.39 is 0 Å². The molecule has 1 heterocycles. The number of hydrogen-bond acceptors (Lipinski definition) is 2. The van der Waals surface area contributed by atoms with E-state index in [2.05, 4.69) is 41.1 Å². The smallest absolute Gasteiger partial charge is 0.00147 e. The van der Waals surface area contributed by atoms with Gasteiger partial charge in [-0.15, -0.1) is 0 Å². The summed E-state index contributed by atoms with van der Waals surface area (Å²) in [5.74, 6) is 0. The van der Waals surface area contributed by atoms with E-state index in [-0.39, 0.29) is 0 Å². The van der Waals surface area contributed by atoms with Crippen LogP contribution in [0.15, 0.2) is 41.1 Å². The first-order valence-electron chi connectivity index (χ1n) is 4.72. The Morgan fingerprint density at radius 2 is 1.79 bits per heavy atom. The van der Waals surface area contributed by atoms with Crippen molar-refractivity contribution in [2.45, 2.75) is 6.42 Å². The minimum atomic E-state index is 0.720. The van der Waals surface area contributed by atoms with Crippen molar-refractivity contribution >= 4 is 11.3 Å². The molecule has 0 aliphatic carbocycles. The third kappa shape index (κ3) is 2.03. The molecule has 2 aromatic rings. The summed E-state index contributed by atoms with van der Waals surface area (Å²) in [7, 11) is 0. The second kappa shape index (κ2) is 4.40. The van der Waals surface area contributed by atoms with Crippen molar-refractivity contribution in [1.29, 1.82) is 0 Å². The van der Waals surface area contributed by atoms with Gasteiger partial charge in [-0.2, -0.15) is 11.3 Å². The summed E-state index contributed by atoms with van der Waals surface area (Å²) in [6, 6.07) is 10.8. The van der Waals surface area contributed by atoms with Crippen LogP contribution in [-0.4, -0.2) is 6.54 Å². The van der Waals surface area contributed by atoms with Crippen LogP contribution in [0.5, 0.6) is 0 Å². The van der Waals surface area contributed by atoms with Crippen LogP contribution in [0.1, 0.15) is 5.56 Å². The first kappa shape index (κ1) is 9.44. The lowest BCUT2D eigenvalue weighted by atomic mass is 10.1. The molecule has 72 valence electrons. The maximum atomic E-state index is 5.49. The minimum Gasteiger partial charge on any atom is -0.330 e. The monoisotopic (exact) mass is 203 g/mol. The van der Waals surface area contributed by atoms with Crippen molar-refractivity contribution in [3.05, 3.63) is 46.7 Å². The van der Waals surface area contributed by atoms with Crippen LogP contribution in [-0.2, 0) is 6.42 Å². The molecule has 2 N–H and O–H groups in total. The Bertz CT molecular complexity index is 375. The Hall–Kier alpha value is -1.12. The molecule has 0 bridgehead atoms. The standard InChI is InChI=1S/C12H13NS/c13-7-5-10-1-3-11(4-2-10)12-6-8-14-9-12/h1-4,6,8-9H,5,7,13H2. The molecule has 0 unspecified atom stereocenters. The molecule has 0 aliphatic heterocycles. The van der Waals surface area contributed by atoms with Crippen LogP contribution < -0.4 is 5.73 Å². The lowest BCUT2D eigenvalue weighted by molar-refractivity contribution is 0.969. The van der Waals surface area contributed by atoms with Crippen LogP contribution in [0, 0.1) is 0 Å². The normalized spacial score (nSPS) is 10.4. The van der Waals surface area contributed by atoms with E-state index in [1.165, 1.54) is 16.7 Å². The summed E-state index contributed by atoms with van der Waals surface area (Å²) in [5.41, 5.74) is 9.39. The van der Waals surface area contributed by atoms with Gasteiger partial charge < -0.3 is 5.73 Å². The Kier molecular flexibility index (Phi) is 2.96. The topological polar surface area (TPSA) is 26.0 Å². The fourth-order valence-corrected chi connectivity index (χ4v) is 2.12. The number of hydrogen-bond donors (Lipinski definition) is 1. The van der Waals surface area contributed by atoms with Gasteiger partial charge in [0.05, 0.1) is 0 Å². The fraction of sp³-hybridized carbons (Fsp3) is 0.167. The zero-order valence-corrected chi connectivity index (χ0v) is 8.76. The predicted octanol–water partition coefficient (Wildman–Crippen LogP) is 2.92. The highest BCUT2D eigenvalue weighted by Crippen LogP contribution is 2.22. The molecule has 0 atom stereocenters. The molecule has 1 aromatic heterocycles. The van der Waals surface area contributed by atoms with Crippen molar-refractivity contribution in [2.75, 3.05) is 6.54 Å². The van der Waals surface area contributed by atoms with E-state index in [4.69, 9.17) is 5.73 Å². The molecule has 0 fully saturated rings. The molecule has 1 aromatic carbocycles. The molecule has 0 radical (unpaired) electrons. The summed E-state index contributed by atoms with van der Waals surface area (Å²) in [6.07, 6.45) is 0.962. The van der Waals surface area contributed by atoms with E-state index in [0.29, 0.717) is 0 Å². The zero-order valence-electron chi connectivity index (χ0n) is 7.94. The highest BCUT2D eigenvalue weighted by atomic mass is 32.1. The van der Waals surface area contributed by atoms with Gasteiger partial charge in [-0.3, -0.25) is 0 Å². The van der Waals surface area contributed by atoms with Gasteiger partial charge in [-0.25, -0.2) is 0 Å². The quantitative estimate of drug-likeness (QED) is 0.815. The van der Waals surface area contributed by atoms with Gasteiger partial charge in [-0.05, 0) is 46.5 Å². The van der Waals surface area contributed by atoms with E-state index in [9.17, 15) is 0 Å². The van der Waals surface area contributed by atoms with Crippen molar-refractivity contribution in [3.8, 4) is 11.1 Å². The number of nitrogens with two attached hydrogens (primary N) is 1. The Morgan fingerprint density at radius 1 is 1.00 bits per heavy atom. The van der Waals surface area contributed by atoms with Gasteiger partial charge >= 0.3 is 0 Å². The van der Waals surface area contributed by atoms with Crippen LogP contribution in [0.4, 0.5) is 0 Å². The van der Waals surface area contributed by atoms with E-state index in [1.54, 1.807) is 11.3 Å². The maximum absolute atomic E-state index is 5.49. The average molecular weight is 203 g/mol. The van der Waals surface area contributed by atoms with Crippen LogP contribution in [0.3, 0.4) is 0 Å². The SMILES string of the molecule is NCCc1ccc(-c2ccsc2)cc1. The Balaban J connectivity index is 2.22. The molecule has 0 saturated heterocycles. The van der Waals surface area contributed by atoms with E-state index in [1.807, 2.05) is 0 Å². The molecule has 14 heavy (non-hydrogen) atoms. The van der Waals surface area contributed by atoms with E-state index in [0.717, 1.165) is 13.0 Å². The van der Waals surface area contributed by atoms with Crippen molar-refractivity contribution in [2.24, 2.45) is 5.73 Å². The summed E-state index contributed by atoms with van der Waals surface area (Å²) in [6.45, 7) is 0.720. The number of rotatable bonds is 3. The van der Waals surface area contributed by atoms with E-state index >= 15 is 0 Å². The fourth-order valence-electron chi connectivity index (χ4n) is 1.46. The number of thiophene rings is 1. The van der Waals surface area contributed by atoms with Gasteiger partial charge in [-0.1, -0.05) is 24.3 Å². The molecule has 0 aliphatic rings. The lowest BCUT2D eigenvalue weighted by Crippen LogP contribution is -2.02. The van der Waals surface area contributed by atoms with Gasteiger partial charge in [0.25, 0.3) is 0 Å². The van der Waals surface area contributed by atoms with Gasteiger partial charge in [0, 0.05) is 0 Å². The first-order valence-corrected chi connectivity index (χ1v) is 5.66. The molecule has 1 nitrogen and oxygen atoms in total. The molecule has 0 saturated carbocycles.